The second-order valence-corrected chi connectivity index (χ2v) is 8.84. The number of carbonyl (C=O) groups is 1. The maximum atomic E-state index is 12.8. The quantitative estimate of drug-likeness (QED) is 0.505. The number of hydrogen-bond donors (Lipinski definition) is 3. The van der Waals surface area contributed by atoms with Crippen molar-refractivity contribution in [2.75, 3.05) is 25.5 Å². The molecule has 4 heterocycles. The Labute approximate surface area is 158 Å². The van der Waals surface area contributed by atoms with E-state index in [4.69, 9.17) is 9.47 Å². The molecule has 1 aliphatic carbocycles. The van der Waals surface area contributed by atoms with Crippen LogP contribution in [0.3, 0.4) is 0 Å². The second kappa shape index (κ2) is 4.93. The Morgan fingerprint density at radius 3 is 3.04 bits per heavy atom. The zero-order valence-electron chi connectivity index (χ0n) is 15.6. The van der Waals surface area contributed by atoms with E-state index in [1.165, 1.54) is 17.6 Å². The highest BCUT2D eigenvalue weighted by Gasteiger charge is 2.78. The van der Waals surface area contributed by atoms with Crippen LogP contribution in [-0.2, 0) is 19.7 Å². The summed E-state index contributed by atoms with van der Waals surface area (Å²) < 4.78 is 11.3. The van der Waals surface area contributed by atoms with Gasteiger partial charge in [-0.2, -0.15) is 0 Å². The van der Waals surface area contributed by atoms with Gasteiger partial charge in [0.1, 0.15) is 24.8 Å². The van der Waals surface area contributed by atoms with Crippen LogP contribution in [0.1, 0.15) is 25.3 Å². The zero-order valence-corrected chi connectivity index (χ0v) is 15.6. The fourth-order valence-electron chi connectivity index (χ4n) is 7.03. The summed E-state index contributed by atoms with van der Waals surface area (Å²) in [6, 6.07) is 8.58. The van der Waals surface area contributed by atoms with E-state index in [1.54, 1.807) is 0 Å². The standard InChI is InChI=1S/C21H24N2O4/c1-11(24)21-9-12(18(25)26-2)16-20(13-5-3-4-6-14(13)22-16)7-8-23(19(20)21)10-15-17(21)27-15/h3-6,11,15,17,19,22,24H,7-10H2,1-2H3/p+1/t11-,15+,17+,19-,20+,21+/m1/s1. The van der Waals surface area contributed by atoms with E-state index >= 15 is 0 Å². The molecule has 142 valence electrons. The molecule has 0 saturated carbocycles. The molecule has 0 amide bonds. The molecule has 7 atom stereocenters. The van der Waals surface area contributed by atoms with Gasteiger partial charge in [0.15, 0.2) is 0 Å². The van der Waals surface area contributed by atoms with Gasteiger partial charge in [-0.1, -0.05) is 18.2 Å². The van der Waals surface area contributed by atoms with E-state index in [2.05, 4.69) is 23.5 Å². The van der Waals surface area contributed by atoms with Crippen molar-refractivity contribution in [2.24, 2.45) is 5.41 Å². The SMILES string of the molecule is COC(=O)C1=C2Nc3ccccc3[C@@]23CC[NH+]2C[C@@H]4O[C@@H]4[C@@]([C@@H](C)O)(C1)[C@H]23. The fourth-order valence-corrected chi connectivity index (χ4v) is 7.03. The largest absolute Gasteiger partial charge is 0.466 e. The number of aliphatic hydroxyl groups is 1. The molecule has 6 rings (SSSR count). The van der Waals surface area contributed by atoms with Crippen LogP contribution < -0.4 is 10.2 Å². The minimum Gasteiger partial charge on any atom is -0.466 e. The minimum absolute atomic E-state index is 0.0233. The highest BCUT2D eigenvalue weighted by molar-refractivity contribution is 5.93. The van der Waals surface area contributed by atoms with Gasteiger partial charge < -0.3 is 24.8 Å². The van der Waals surface area contributed by atoms with Gasteiger partial charge in [0.25, 0.3) is 0 Å². The molecule has 0 bridgehead atoms. The van der Waals surface area contributed by atoms with Gasteiger partial charge in [-0.05, 0) is 25.0 Å². The van der Waals surface area contributed by atoms with Gasteiger partial charge >= 0.3 is 5.97 Å². The lowest BCUT2D eigenvalue weighted by Crippen LogP contribution is -3.18. The van der Waals surface area contributed by atoms with Crippen molar-refractivity contribution < 1.29 is 24.3 Å². The molecule has 3 N–H and O–H groups in total. The van der Waals surface area contributed by atoms with E-state index in [9.17, 15) is 9.90 Å². The predicted octanol–water partition coefficient (Wildman–Crippen LogP) is -0.0139. The van der Waals surface area contributed by atoms with Gasteiger partial charge in [0, 0.05) is 17.8 Å². The average molecular weight is 369 g/mol. The monoisotopic (exact) mass is 369 g/mol. The number of nitrogens with one attached hydrogen (secondary N) is 2. The van der Waals surface area contributed by atoms with Crippen LogP contribution >= 0.6 is 0 Å². The van der Waals surface area contributed by atoms with Crippen LogP contribution in [0.5, 0.6) is 0 Å². The molecule has 1 aromatic rings. The van der Waals surface area contributed by atoms with Crippen LogP contribution in [0, 0.1) is 5.41 Å². The smallest absolute Gasteiger partial charge is 0.335 e. The number of ether oxygens (including phenoxy) is 2. The number of para-hydroxylation sites is 1. The summed E-state index contributed by atoms with van der Waals surface area (Å²) in [5.41, 5.74) is 3.29. The molecule has 4 aliphatic heterocycles. The lowest BCUT2D eigenvalue weighted by molar-refractivity contribution is -0.927. The first-order valence-corrected chi connectivity index (χ1v) is 9.90. The van der Waals surface area contributed by atoms with Crippen molar-refractivity contribution in [3.8, 4) is 0 Å². The Kier molecular flexibility index (Phi) is 2.94. The third-order valence-corrected chi connectivity index (χ3v) is 7.96. The van der Waals surface area contributed by atoms with Crippen molar-refractivity contribution in [1.82, 2.24) is 0 Å². The van der Waals surface area contributed by atoms with Crippen LogP contribution in [-0.4, -0.2) is 55.6 Å². The van der Waals surface area contributed by atoms with E-state index < -0.39 is 11.5 Å². The lowest BCUT2D eigenvalue weighted by atomic mass is 9.52. The predicted molar refractivity (Wildman–Crippen MR) is 97.3 cm³/mol. The van der Waals surface area contributed by atoms with Crippen LogP contribution in [0.25, 0.3) is 0 Å². The summed E-state index contributed by atoms with van der Waals surface area (Å²) in [5.74, 6) is -0.292. The van der Waals surface area contributed by atoms with Gasteiger partial charge in [0.2, 0.25) is 0 Å². The normalized spacial score (nSPS) is 43.8. The van der Waals surface area contributed by atoms with Crippen LogP contribution in [0.15, 0.2) is 35.5 Å². The summed E-state index contributed by atoms with van der Waals surface area (Å²) >= 11 is 0. The number of epoxide rings is 1. The molecule has 1 spiro atoms. The van der Waals surface area contributed by atoms with E-state index in [0.717, 1.165) is 30.9 Å². The molecule has 0 aromatic heterocycles. The summed E-state index contributed by atoms with van der Waals surface area (Å²) in [6.07, 6.45) is 1.14. The fraction of sp³-hybridized carbons (Fsp3) is 0.571. The van der Waals surface area contributed by atoms with E-state index in [0.29, 0.717) is 12.0 Å². The van der Waals surface area contributed by atoms with Gasteiger partial charge in [-0.3, -0.25) is 0 Å². The van der Waals surface area contributed by atoms with E-state index in [-0.39, 0.29) is 29.6 Å². The topological polar surface area (TPSA) is 75.5 Å². The lowest BCUT2D eigenvalue weighted by Gasteiger charge is -2.53. The summed E-state index contributed by atoms with van der Waals surface area (Å²) in [6.45, 7) is 3.90. The summed E-state index contributed by atoms with van der Waals surface area (Å²) in [4.78, 5) is 14.4. The number of esters is 1. The number of methoxy groups -OCH3 is 1. The Hall–Kier alpha value is -1.89. The van der Waals surface area contributed by atoms with Crippen molar-refractivity contribution >= 4 is 11.7 Å². The molecule has 5 aliphatic rings. The number of hydrogen-bond acceptors (Lipinski definition) is 5. The van der Waals surface area contributed by atoms with Gasteiger partial charge in [0.05, 0.1) is 36.2 Å². The molecule has 3 fully saturated rings. The first-order valence-electron chi connectivity index (χ1n) is 9.90. The molecule has 0 radical (unpaired) electrons. The Morgan fingerprint density at radius 2 is 2.26 bits per heavy atom. The molecule has 1 aromatic carbocycles. The highest BCUT2D eigenvalue weighted by atomic mass is 16.6. The average Bonchev–Trinajstić information content (AvgIpc) is 3.25. The Balaban J connectivity index is 1.67. The van der Waals surface area contributed by atoms with Crippen LogP contribution in [0.4, 0.5) is 5.69 Å². The first-order chi connectivity index (χ1) is 13.0. The molecular weight excluding hydrogens is 344 g/mol. The number of anilines is 1. The number of piperidine rings is 1. The van der Waals surface area contributed by atoms with Crippen LogP contribution in [0.2, 0.25) is 0 Å². The highest BCUT2D eigenvalue weighted by Crippen LogP contribution is 2.64. The maximum Gasteiger partial charge on any atom is 0.335 e. The Morgan fingerprint density at radius 1 is 1.44 bits per heavy atom. The molecule has 1 unspecified atom stereocenters. The molecule has 27 heavy (non-hydrogen) atoms. The number of aliphatic hydroxyl groups excluding tert-OH is 1. The maximum absolute atomic E-state index is 12.8. The number of rotatable bonds is 2. The number of carbonyl (C=O) groups excluding carboxylic acids is 1. The molecular formula is C21H25N2O4+. The third-order valence-electron chi connectivity index (χ3n) is 7.96. The molecule has 6 nitrogen and oxygen atoms in total. The van der Waals surface area contributed by atoms with Crippen molar-refractivity contribution in [3.63, 3.8) is 0 Å². The third kappa shape index (κ3) is 1.67. The zero-order chi connectivity index (χ0) is 18.6. The van der Waals surface area contributed by atoms with Crippen molar-refractivity contribution in [3.05, 3.63) is 41.1 Å². The molecule has 3 saturated heterocycles. The molecule has 6 heteroatoms. The minimum atomic E-state index is -0.559. The van der Waals surface area contributed by atoms with Crippen molar-refractivity contribution in [1.29, 1.82) is 0 Å². The number of quaternary nitrogens is 1. The number of fused-ring (bicyclic) bond motifs is 3. The first kappa shape index (κ1) is 16.1. The van der Waals surface area contributed by atoms with E-state index in [1.807, 2.05) is 13.0 Å². The second-order valence-electron chi connectivity index (χ2n) is 8.84. The van der Waals surface area contributed by atoms with Gasteiger partial charge in [-0.15, -0.1) is 0 Å². The van der Waals surface area contributed by atoms with Gasteiger partial charge in [-0.25, -0.2) is 4.79 Å². The Bertz CT molecular complexity index is 896. The summed E-state index contributed by atoms with van der Waals surface area (Å²) in [7, 11) is 1.44. The number of benzene rings is 1. The summed E-state index contributed by atoms with van der Waals surface area (Å²) in [5, 5.41) is 14.7. The van der Waals surface area contributed by atoms with Crippen molar-refractivity contribution in [2.45, 2.75) is 49.5 Å².